The molecule has 0 aromatic carbocycles. The molecule has 0 N–H and O–H groups in total. The molecule has 0 aliphatic rings. The summed E-state index contributed by atoms with van der Waals surface area (Å²) in [6.45, 7) is 1.27. The predicted octanol–water partition coefficient (Wildman–Crippen LogP) is 0.219. The van der Waals surface area contributed by atoms with E-state index in [1.165, 1.54) is 0 Å². The molecule has 0 saturated heterocycles. The van der Waals surface area contributed by atoms with Crippen LogP contribution >= 0.6 is 8.15 Å². The van der Waals surface area contributed by atoms with Gasteiger partial charge in [0.2, 0.25) is 0 Å². The van der Waals surface area contributed by atoms with Gasteiger partial charge in [0.05, 0.1) is 0 Å². The zero-order valence-corrected chi connectivity index (χ0v) is 8.74. The summed E-state index contributed by atoms with van der Waals surface area (Å²) < 4.78 is 5.84. The monoisotopic (exact) mass is 193 g/mol. The number of carbonyl (C=O) groups excluding carboxylic acids is 2. The van der Waals surface area contributed by atoms with E-state index in [-0.39, 0.29) is 0 Å². The third-order valence-electron chi connectivity index (χ3n) is 1.26. The molecular formula is C7H16NO3P. The molecule has 0 aliphatic heterocycles. The molecule has 0 radical (unpaired) electrons. The van der Waals surface area contributed by atoms with Crippen LogP contribution in [0, 0.1) is 0 Å². The van der Waals surface area contributed by atoms with Gasteiger partial charge in [0.15, 0.2) is 0 Å². The summed E-state index contributed by atoms with van der Waals surface area (Å²) in [6.07, 6.45) is 0. The van der Waals surface area contributed by atoms with Gasteiger partial charge in [-0.3, -0.25) is 0 Å². The number of quaternary nitrogens is 1. The first kappa shape index (κ1) is 11.7. The number of rotatable bonds is 6. The fourth-order valence-electron chi connectivity index (χ4n) is 0.533. The molecule has 0 spiro atoms. The van der Waals surface area contributed by atoms with E-state index in [9.17, 15) is 9.59 Å². The van der Waals surface area contributed by atoms with Gasteiger partial charge in [0, 0.05) is 0 Å². The normalized spacial score (nSPS) is 12.4. The van der Waals surface area contributed by atoms with Crippen molar-refractivity contribution in [3.05, 3.63) is 0 Å². The Morgan fingerprint density at radius 1 is 1.25 bits per heavy atom. The number of hydrogen-bond donors (Lipinski definition) is 0. The Hall–Kier alpha value is -0.310. The molecular weight excluding hydrogens is 177 g/mol. The molecule has 0 fully saturated rings. The molecule has 0 aromatic rings. The second-order valence-corrected chi connectivity index (χ2v) is 5.07. The van der Waals surface area contributed by atoms with Crippen LogP contribution in [0.4, 0.5) is 0 Å². The van der Waals surface area contributed by atoms with Crippen LogP contribution in [0.15, 0.2) is 0 Å². The fourth-order valence-corrected chi connectivity index (χ4v) is 1.05. The molecule has 0 aromatic heterocycles. The molecule has 0 aliphatic carbocycles. The van der Waals surface area contributed by atoms with Crippen LogP contribution in [0.2, 0.25) is 0 Å². The molecule has 0 rings (SSSR count). The molecule has 12 heavy (non-hydrogen) atoms. The van der Waals surface area contributed by atoms with Crippen LogP contribution in [-0.2, 0) is 14.1 Å². The first-order chi connectivity index (χ1) is 5.49. The van der Waals surface area contributed by atoms with E-state index in [1.54, 1.807) is 0 Å². The molecule has 0 amide bonds. The van der Waals surface area contributed by atoms with Crippen molar-refractivity contribution in [3.8, 4) is 0 Å². The van der Waals surface area contributed by atoms with E-state index in [1.807, 2.05) is 21.1 Å². The summed E-state index contributed by atoms with van der Waals surface area (Å²) in [6, 6.07) is 1.21. The summed E-state index contributed by atoms with van der Waals surface area (Å²) in [4.78, 5) is 20.4. The van der Waals surface area contributed by atoms with Crippen molar-refractivity contribution < 1.29 is 18.6 Å². The Kier molecular flexibility index (Phi) is 5.22. The van der Waals surface area contributed by atoms with E-state index in [0.29, 0.717) is 18.7 Å². The SMILES string of the molecule is C[N+](C)(C)CCO[PH-](C=O)C=O. The van der Waals surface area contributed by atoms with Crippen LogP contribution < -0.4 is 0 Å². The van der Waals surface area contributed by atoms with Crippen molar-refractivity contribution >= 4 is 20.2 Å². The molecule has 0 bridgehead atoms. The first-order valence-electron chi connectivity index (χ1n) is 3.70. The zero-order chi connectivity index (χ0) is 9.61. The minimum atomic E-state index is -1.82. The van der Waals surface area contributed by atoms with E-state index in [0.717, 1.165) is 11.0 Å². The first-order valence-corrected chi connectivity index (χ1v) is 5.26. The van der Waals surface area contributed by atoms with E-state index >= 15 is 0 Å². The van der Waals surface area contributed by atoms with Gasteiger partial charge < -0.3 is 0 Å². The number of likely N-dealkylation sites (N-methyl/N-ethyl adjacent to an activating group) is 1. The number of nitrogens with zero attached hydrogens (tertiary/aromatic N) is 1. The predicted molar refractivity (Wildman–Crippen MR) is 50.7 cm³/mol. The quantitative estimate of drug-likeness (QED) is 0.344. The average Bonchev–Trinajstić information content (AvgIpc) is 1.96. The summed E-state index contributed by atoms with van der Waals surface area (Å²) in [5, 5.41) is 0. The van der Waals surface area contributed by atoms with E-state index in [2.05, 4.69) is 0 Å². The van der Waals surface area contributed by atoms with Gasteiger partial charge in [-0.15, -0.1) is 0 Å². The average molecular weight is 193 g/mol. The second kappa shape index (κ2) is 5.36. The van der Waals surface area contributed by atoms with Crippen molar-refractivity contribution in [3.63, 3.8) is 0 Å². The second-order valence-electron chi connectivity index (χ2n) is 3.50. The van der Waals surface area contributed by atoms with Crippen LogP contribution in [0.25, 0.3) is 0 Å². The van der Waals surface area contributed by atoms with Gasteiger partial charge in [-0.1, -0.05) is 0 Å². The van der Waals surface area contributed by atoms with Crippen LogP contribution in [0.5, 0.6) is 0 Å². The fraction of sp³-hybridized carbons (Fsp3) is 0.714. The summed E-state index contributed by atoms with van der Waals surface area (Å²) in [7, 11) is 4.26. The van der Waals surface area contributed by atoms with Crippen molar-refractivity contribution in [2.75, 3.05) is 34.3 Å². The molecule has 72 valence electrons. The Morgan fingerprint density at radius 2 is 1.75 bits per heavy atom. The summed E-state index contributed by atoms with van der Waals surface area (Å²) in [5.41, 5.74) is 0. The number of carbonyl (C=O) groups is 2. The van der Waals surface area contributed by atoms with Crippen molar-refractivity contribution in [2.24, 2.45) is 0 Å². The Balaban J connectivity index is 3.55. The maximum atomic E-state index is 10.2. The van der Waals surface area contributed by atoms with Gasteiger partial charge >= 0.3 is 73.1 Å². The number of hydrogen-bond acceptors (Lipinski definition) is 3. The zero-order valence-electron chi connectivity index (χ0n) is 7.74. The molecule has 4 nitrogen and oxygen atoms in total. The molecule has 0 unspecified atom stereocenters. The standard InChI is InChI=1S/C7H16NO3P/c1-8(2,3)4-5-11-12(6-9)7-10/h6-7,12H,4-5H2,1-3H3. The van der Waals surface area contributed by atoms with Gasteiger partial charge in [0.1, 0.15) is 0 Å². The third kappa shape index (κ3) is 6.40. The molecule has 0 atom stereocenters. The van der Waals surface area contributed by atoms with E-state index < -0.39 is 8.15 Å². The van der Waals surface area contributed by atoms with Crippen molar-refractivity contribution in [1.29, 1.82) is 0 Å². The Bertz CT molecular complexity index is 147. The Morgan fingerprint density at radius 3 is 2.08 bits per heavy atom. The van der Waals surface area contributed by atoms with Gasteiger partial charge in [-0.2, -0.15) is 0 Å². The van der Waals surface area contributed by atoms with Gasteiger partial charge in [0.25, 0.3) is 0 Å². The minimum absolute atomic E-state index is 0.468. The topological polar surface area (TPSA) is 43.4 Å². The molecule has 0 saturated carbocycles. The Labute approximate surface area is 73.9 Å². The molecule has 0 heterocycles. The van der Waals surface area contributed by atoms with Crippen LogP contribution in [0.3, 0.4) is 0 Å². The van der Waals surface area contributed by atoms with Crippen molar-refractivity contribution in [1.82, 2.24) is 0 Å². The third-order valence-corrected chi connectivity index (χ3v) is 2.27. The van der Waals surface area contributed by atoms with Crippen molar-refractivity contribution in [2.45, 2.75) is 0 Å². The van der Waals surface area contributed by atoms with Crippen LogP contribution in [-0.4, -0.2) is 50.8 Å². The van der Waals surface area contributed by atoms with E-state index in [4.69, 9.17) is 4.52 Å². The summed E-state index contributed by atoms with van der Waals surface area (Å²) >= 11 is 0. The molecule has 5 heteroatoms. The maximum absolute atomic E-state index is 10.2. The van der Waals surface area contributed by atoms with Gasteiger partial charge in [-0.05, 0) is 0 Å². The van der Waals surface area contributed by atoms with Gasteiger partial charge in [-0.25, -0.2) is 0 Å². The van der Waals surface area contributed by atoms with Crippen LogP contribution in [0.1, 0.15) is 0 Å². The summed E-state index contributed by atoms with van der Waals surface area (Å²) in [5.74, 6) is 0.